The van der Waals surface area contributed by atoms with Gasteiger partial charge in [0.2, 0.25) is 15.9 Å². The predicted octanol–water partition coefficient (Wildman–Crippen LogP) is 2.47. The first kappa shape index (κ1) is 20.9. The smallest absolute Gasteiger partial charge is 0.221 e. The molecule has 0 saturated carbocycles. The van der Waals surface area contributed by atoms with Gasteiger partial charge in [0.1, 0.15) is 5.75 Å². The van der Waals surface area contributed by atoms with E-state index in [-0.39, 0.29) is 25.4 Å². The molecule has 0 unspecified atom stereocenters. The minimum atomic E-state index is -3.46. The first-order valence-corrected chi connectivity index (χ1v) is 10.5. The third-order valence-corrected chi connectivity index (χ3v) is 5.46. The zero-order valence-corrected chi connectivity index (χ0v) is 16.8. The van der Waals surface area contributed by atoms with Crippen LogP contribution in [0.25, 0.3) is 0 Å². The Kier molecular flexibility index (Phi) is 7.38. The van der Waals surface area contributed by atoms with E-state index in [1.807, 2.05) is 49.4 Å². The van der Waals surface area contributed by atoms with E-state index in [0.29, 0.717) is 12.3 Å². The van der Waals surface area contributed by atoms with Gasteiger partial charge in [0.25, 0.3) is 0 Å². The number of benzene rings is 2. The largest absolute Gasteiger partial charge is 0.496 e. The highest BCUT2D eigenvalue weighted by Gasteiger charge is 2.19. The van der Waals surface area contributed by atoms with Crippen LogP contribution in [0.2, 0.25) is 0 Å². The number of hydrogen-bond acceptors (Lipinski definition) is 4. The monoisotopic (exact) mass is 390 g/mol. The lowest BCUT2D eigenvalue weighted by molar-refractivity contribution is -0.121. The van der Waals surface area contributed by atoms with Crippen molar-refractivity contribution in [3.8, 4) is 5.75 Å². The van der Waals surface area contributed by atoms with E-state index < -0.39 is 10.0 Å². The number of methoxy groups -OCH3 is 1. The minimum Gasteiger partial charge on any atom is -0.496 e. The van der Waals surface area contributed by atoms with E-state index in [4.69, 9.17) is 4.74 Å². The number of para-hydroxylation sites is 1. The Labute approximate surface area is 161 Å². The number of carbonyl (C=O) groups excluding carboxylic acids is 1. The van der Waals surface area contributed by atoms with E-state index in [2.05, 4.69) is 5.32 Å². The summed E-state index contributed by atoms with van der Waals surface area (Å²) in [6, 6.07) is 15.1. The van der Waals surface area contributed by atoms with Gasteiger partial charge in [0.15, 0.2) is 0 Å². The quantitative estimate of drug-likeness (QED) is 0.714. The van der Waals surface area contributed by atoms with Crippen molar-refractivity contribution >= 4 is 15.9 Å². The van der Waals surface area contributed by atoms with Crippen molar-refractivity contribution in [3.05, 3.63) is 65.2 Å². The average Bonchev–Trinajstić information content (AvgIpc) is 2.64. The van der Waals surface area contributed by atoms with Crippen LogP contribution in [0, 0.1) is 6.92 Å². The summed E-state index contributed by atoms with van der Waals surface area (Å²) >= 11 is 0. The van der Waals surface area contributed by atoms with Crippen LogP contribution in [-0.2, 0) is 27.9 Å². The highest BCUT2D eigenvalue weighted by Crippen LogP contribution is 2.20. The Morgan fingerprint density at radius 3 is 2.41 bits per heavy atom. The van der Waals surface area contributed by atoms with Crippen LogP contribution in [0.3, 0.4) is 0 Å². The molecule has 0 spiro atoms. The Bertz CT molecular complexity index is 864. The summed E-state index contributed by atoms with van der Waals surface area (Å²) in [7, 11) is -1.91. The normalized spacial score (nSPS) is 11.4. The molecule has 146 valence electrons. The molecule has 0 atom stereocenters. The first-order valence-electron chi connectivity index (χ1n) is 8.69. The number of ether oxygens (including phenoxy) is 1. The SMILES string of the molecule is COc1ccccc1CN(CCC(=O)NCc1ccc(C)cc1)S(C)(=O)=O. The fourth-order valence-corrected chi connectivity index (χ4v) is 3.40. The minimum absolute atomic E-state index is 0.0913. The molecule has 0 heterocycles. The van der Waals surface area contributed by atoms with Gasteiger partial charge in [0, 0.05) is 31.6 Å². The van der Waals surface area contributed by atoms with Gasteiger partial charge < -0.3 is 10.1 Å². The van der Waals surface area contributed by atoms with Crippen LogP contribution in [0.4, 0.5) is 0 Å². The van der Waals surface area contributed by atoms with Gasteiger partial charge in [0.05, 0.1) is 13.4 Å². The number of amides is 1. The Hall–Kier alpha value is -2.38. The summed E-state index contributed by atoms with van der Waals surface area (Å²) in [5, 5.41) is 2.83. The van der Waals surface area contributed by atoms with Gasteiger partial charge in [-0.25, -0.2) is 8.42 Å². The van der Waals surface area contributed by atoms with Crippen LogP contribution >= 0.6 is 0 Å². The van der Waals surface area contributed by atoms with E-state index in [0.717, 1.165) is 22.9 Å². The topological polar surface area (TPSA) is 75.7 Å². The maximum atomic E-state index is 12.1. The van der Waals surface area contributed by atoms with Crippen molar-refractivity contribution < 1.29 is 17.9 Å². The standard InChI is InChI=1S/C20H26N2O4S/c1-16-8-10-17(11-9-16)14-21-20(23)12-13-22(27(3,24)25)15-18-6-4-5-7-19(18)26-2/h4-11H,12-15H2,1-3H3,(H,21,23). The van der Waals surface area contributed by atoms with Crippen LogP contribution in [0.15, 0.2) is 48.5 Å². The predicted molar refractivity (Wildman–Crippen MR) is 106 cm³/mol. The lowest BCUT2D eigenvalue weighted by Crippen LogP contribution is -2.34. The molecule has 2 aromatic carbocycles. The van der Waals surface area contributed by atoms with Crippen LogP contribution < -0.4 is 10.1 Å². The molecule has 0 aliphatic rings. The van der Waals surface area contributed by atoms with E-state index in [1.54, 1.807) is 13.2 Å². The zero-order valence-electron chi connectivity index (χ0n) is 15.9. The second-order valence-corrected chi connectivity index (χ2v) is 8.40. The molecular formula is C20H26N2O4S. The summed E-state index contributed by atoms with van der Waals surface area (Å²) < 4.78 is 30.8. The first-order chi connectivity index (χ1) is 12.8. The molecule has 2 aromatic rings. The van der Waals surface area contributed by atoms with Crippen molar-refractivity contribution in [1.82, 2.24) is 9.62 Å². The molecule has 6 nitrogen and oxygen atoms in total. The molecule has 0 bridgehead atoms. The molecule has 0 aliphatic heterocycles. The molecule has 0 aliphatic carbocycles. The number of nitrogens with zero attached hydrogens (tertiary/aromatic N) is 1. The number of aryl methyl sites for hydroxylation is 1. The van der Waals surface area contributed by atoms with Crippen molar-refractivity contribution in [2.75, 3.05) is 19.9 Å². The summed E-state index contributed by atoms with van der Waals surface area (Å²) in [4.78, 5) is 12.1. The highest BCUT2D eigenvalue weighted by molar-refractivity contribution is 7.88. The second kappa shape index (κ2) is 9.53. The molecule has 27 heavy (non-hydrogen) atoms. The van der Waals surface area contributed by atoms with E-state index in [1.165, 1.54) is 4.31 Å². The molecule has 7 heteroatoms. The maximum absolute atomic E-state index is 12.1. The summed E-state index contributed by atoms with van der Waals surface area (Å²) in [5.41, 5.74) is 2.92. The maximum Gasteiger partial charge on any atom is 0.221 e. The molecule has 0 fully saturated rings. The lowest BCUT2D eigenvalue weighted by atomic mass is 10.1. The van der Waals surface area contributed by atoms with Gasteiger partial charge >= 0.3 is 0 Å². The fourth-order valence-electron chi connectivity index (χ4n) is 2.61. The Morgan fingerprint density at radius 1 is 1.11 bits per heavy atom. The van der Waals surface area contributed by atoms with Crippen LogP contribution in [-0.4, -0.2) is 38.5 Å². The van der Waals surface area contributed by atoms with E-state index >= 15 is 0 Å². The van der Waals surface area contributed by atoms with Crippen molar-refractivity contribution in [2.24, 2.45) is 0 Å². The molecular weight excluding hydrogens is 364 g/mol. The molecule has 1 amide bonds. The Balaban J connectivity index is 1.94. The number of rotatable bonds is 9. The molecule has 0 radical (unpaired) electrons. The number of carbonyl (C=O) groups is 1. The third-order valence-electron chi connectivity index (χ3n) is 4.21. The molecule has 0 saturated heterocycles. The third kappa shape index (κ3) is 6.69. The lowest BCUT2D eigenvalue weighted by Gasteiger charge is -2.21. The van der Waals surface area contributed by atoms with Gasteiger partial charge in [-0.3, -0.25) is 4.79 Å². The van der Waals surface area contributed by atoms with Crippen molar-refractivity contribution in [2.45, 2.75) is 26.4 Å². The average molecular weight is 391 g/mol. The molecule has 1 N–H and O–H groups in total. The fraction of sp³-hybridized carbons (Fsp3) is 0.350. The number of nitrogens with one attached hydrogen (secondary N) is 1. The molecule has 0 aromatic heterocycles. The highest BCUT2D eigenvalue weighted by atomic mass is 32.2. The van der Waals surface area contributed by atoms with Crippen molar-refractivity contribution in [1.29, 1.82) is 0 Å². The van der Waals surface area contributed by atoms with Crippen LogP contribution in [0.5, 0.6) is 5.75 Å². The van der Waals surface area contributed by atoms with Gasteiger partial charge in [-0.2, -0.15) is 4.31 Å². The number of sulfonamides is 1. The summed E-state index contributed by atoms with van der Waals surface area (Å²) in [6.07, 6.45) is 1.24. The second-order valence-electron chi connectivity index (χ2n) is 6.42. The van der Waals surface area contributed by atoms with E-state index in [9.17, 15) is 13.2 Å². The van der Waals surface area contributed by atoms with Gasteiger partial charge in [-0.1, -0.05) is 48.0 Å². The number of hydrogen-bond donors (Lipinski definition) is 1. The molecule has 2 rings (SSSR count). The summed E-state index contributed by atoms with van der Waals surface area (Å²) in [5.74, 6) is 0.430. The summed E-state index contributed by atoms with van der Waals surface area (Å²) in [6.45, 7) is 2.69. The Morgan fingerprint density at radius 2 is 1.78 bits per heavy atom. The van der Waals surface area contributed by atoms with Gasteiger partial charge in [-0.05, 0) is 18.6 Å². The van der Waals surface area contributed by atoms with Crippen LogP contribution in [0.1, 0.15) is 23.1 Å². The van der Waals surface area contributed by atoms with Crippen molar-refractivity contribution in [3.63, 3.8) is 0 Å². The van der Waals surface area contributed by atoms with Gasteiger partial charge in [-0.15, -0.1) is 0 Å². The zero-order chi connectivity index (χ0) is 19.9.